The predicted octanol–water partition coefficient (Wildman–Crippen LogP) is 9.67. The van der Waals surface area contributed by atoms with Gasteiger partial charge in [0, 0.05) is 71.0 Å². The van der Waals surface area contributed by atoms with Gasteiger partial charge in [0.05, 0.1) is 12.8 Å². The number of fused-ring (bicyclic) bond motifs is 6. The summed E-state index contributed by atoms with van der Waals surface area (Å²) in [4.78, 5) is 42.1. The van der Waals surface area contributed by atoms with Crippen LogP contribution in [0.1, 0.15) is 74.3 Å². The zero-order valence-electron chi connectivity index (χ0n) is 32.6. The fourth-order valence-corrected chi connectivity index (χ4v) is 10.5. The minimum atomic E-state index is -0.708. The van der Waals surface area contributed by atoms with Crippen LogP contribution in [0, 0.1) is 5.41 Å². The summed E-state index contributed by atoms with van der Waals surface area (Å²) in [6.07, 6.45) is 11.1. The van der Waals surface area contributed by atoms with Crippen LogP contribution in [0.5, 0.6) is 0 Å². The molecule has 0 radical (unpaired) electrons. The van der Waals surface area contributed by atoms with E-state index >= 15 is 0 Å². The zero-order valence-corrected chi connectivity index (χ0v) is 35.8. The normalized spacial score (nSPS) is 20.1. The summed E-state index contributed by atoms with van der Waals surface area (Å²) < 4.78 is 6.42. The highest BCUT2D eigenvalue weighted by Gasteiger charge is 2.49. The molecule has 2 unspecified atom stereocenters. The Bertz CT molecular complexity index is 2480. The molecule has 9 rings (SSSR count). The molecular weight excluding hydrogens is 840 g/mol. The third-order valence-corrected chi connectivity index (χ3v) is 14.1. The van der Waals surface area contributed by atoms with Gasteiger partial charge in [0.2, 0.25) is 11.8 Å². The number of halogens is 2. The van der Waals surface area contributed by atoms with Crippen molar-refractivity contribution < 1.29 is 9.59 Å². The number of carbonyl (C=O) groups excluding carboxylic acids is 2. The molecule has 1 saturated heterocycles. The summed E-state index contributed by atoms with van der Waals surface area (Å²) >= 11 is 7.24. The first kappa shape index (κ1) is 37.8. The van der Waals surface area contributed by atoms with Gasteiger partial charge in [0.15, 0.2) is 0 Å². The number of rotatable bonds is 10. The molecule has 0 spiro atoms. The highest BCUT2D eigenvalue weighted by Crippen LogP contribution is 2.52. The van der Waals surface area contributed by atoms with Gasteiger partial charge in [0.25, 0.3) is 0 Å². The lowest BCUT2D eigenvalue weighted by atomic mass is 9.74. The Morgan fingerprint density at radius 2 is 1.25 bits per heavy atom. The van der Waals surface area contributed by atoms with Crippen molar-refractivity contribution in [3.05, 3.63) is 153 Å². The minimum absolute atomic E-state index is 0.0153. The largest absolute Gasteiger partial charge is 0.343 e. The van der Waals surface area contributed by atoms with Gasteiger partial charge in [-0.3, -0.25) is 9.59 Å². The molecule has 2 aromatic heterocycles. The highest BCUT2D eigenvalue weighted by molar-refractivity contribution is 9.10. The molecule has 4 aromatic carbocycles. The van der Waals surface area contributed by atoms with Crippen molar-refractivity contribution in [2.24, 2.45) is 5.41 Å². The predicted molar refractivity (Wildman–Crippen MR) is 231 cm³/mol. The Morgan fingerprint density at radius 1 is 0.702 bits per heavy atom. The second-order valence-corrected chi connectivity index (χ2v) is 18.0. The van der Waals surface area contributed by atoms with Crippen LogP contribution < -0.4 is 0 Å². The van der Waals surface area contributed by atoms with E-state index in [1.165, 1.54) is 5.56 Å². The average Bonchev–Trinajstić information content (AvgIpc) is 4.00. The number of hydrogen-bond acceptors (Lipinski definition) is 4. The quantitative estimate of drug-likeness (QED) is 0.137. The van der Waals surface area contributed by atoms with E-state index in [0.717, 1.165) is 73.2 Å². The summed E-state index contributed by atoms with van der Waals surface area (Å²) in [5.41, 5.74) is 6.39. The van der Waals surface area contributed by atoms with Gasteiger partial charge in [-0.25, -0.2) is 9.97 Å². The van der Waals surface area contributed by atoms with Crippen LogP contribution in [0.25, 0.3) is 22.8 Å². The molecule has 5 heterocycles. The van der Waals surface area contributed by atoms with Crippen molar-refractivity contribution in [2.75, 3.05) is 26.2 Å². The monoisotopic (exact) mass is 884 g/mol. The lowest BCUT2D eigenvalue weighted by Gasteiger charge is -2.41. The zero-order chi connectivity index (χ0) is 39.5. The number of imidazole rings is 2. The highest BCUT2D eigenvalue weighted by atomic mass is 79.9. The number of nitrogens with zero attached hydrogens (tertiary/aromatic N) is 6. The molecule has 1 fully saturated rings. The van der Waals surface area contributed by atoms with Crippen LogP contribution in [0.15, 0.2) is 125 Å². The number of piperidine rings is 1. The number of amides is 2. The Morgan fingerprint density at radius 3 is 1.84 bits per heavy atom. The molecule has 10 heteroatoms. The number of aromatic nitrogens is 4. The number of hydrogen-bond donors (Lipinski definition) is 0. The van der Waals surface area contributed by atoms with E-state index in [-0.39, 0.29) is 17.2 Å². The van der Waals surface area contributed by atoms with E-state index in [1.54, 1.807) is 0 Å². The molecule has 290 valence electrons. The second-order valence-electron chi connectivity index (χ2n) is 16.2. The molecule has 0 aliphatic carbocycles. The summed E-state index contributed by atoms with van der Waals surface area (Å²) in [5, 5.41) is 0. The molecule has 3 aliphatic heterocycles. The fourth-order valence-electron chi connectivity index (χ4n) is 9.98. The van der Waals surface area contributed by atoms with E-state index in [1.807, 2.05) is 49.6 Å². The molecule has 0 bridgehead atoms. The SMILES string of the molecule is CCN(CC)C(=O)CC1(c2ccc(Br)cc2)c2ccc(CC3(C)CCN(C(=O)CC4(c5ccc(Br)cc5)c5ccccc5-c5nccn54)CC3)cc2-c2nccn21. The number of benzene rings is 4. The number of likely N-dealkylation sites (tertiary alicyclic amines) is 1. The van der Waals surface area contributed by atoms with Gasteiger partial charge >= 0.3 is 0 Å². The van der Waals surface area contributed by atoms with Gasteiger partial charge < -0.3 is 18.9 Å². The van der Waals surface area contributed by atoms with E-state index in [2.05, 4.69) is 138 Å². The van der Waals surface area contributed by atoms with Crippen molar-refractivity contribution in [3.8, 4) is 22.8 Å². The van der Waals surface area contributed by atoms with Gasteiger partial charge in [-0.05, 0) is 96.7 Å². The van der Waals surface area contributed by atoms with Crippen molar-refractivity contribution in [3.63, 3.8) is 0 Å². The summed E-state index contributed by atoms with van der Waals surface area (Å²) in [7, 11) is 0. The third-order valence-electron chi connectivity index (χ3n) is 13.0. The first-order chi connectivity index (χ1) is 27.6. The van der Waals surface area contributed by atoms with Gasteiger partial charge in [-0.2, -0.15) is 0 Å². The van der Waals surface area contributed by atoms with Crippen LogP contribution in [0.4, 0.5) is 0 Å². The number of carbonyl (C=O) groups is 2. The maximum absolute atomic E-state index is 14.5. The minimum Gasteiger partial charge on any atom is -0.343 e. The van der Waals surface area contributed by atoms with Crippen LogP contribution in [0.3, 0.4) is 0 Å². The van der Waals surface area contributed by atoms with Crippen LogP contribution in [-0.4, -0.2) is 66.9 Å². The van der Waals surface area contributed by atoms with Gasteiger partial charge in [-0.15, -0.1) is 0 Å². The van der Waals surface area contributed by atoms with Crippen molar-refractivity contribution >= 4 is 43.7 Å². The van der Waals surface area contributed by atoms with Crippen molar-refractivity contribution in [1.82, 2.24) is 28.9 Å². The van der Waals surface area contributed by atoms with Gasteiger partial charge in [-0.1, -0.05) is 99.4 Å². The smallest absolute Gasteiger partial charge is 0.225 e. The maximum Gasteiger partial charge on any atom is 0.225 e. The van der Waals surface area contributed by atoms with Crippen molar-refractivity contribution in [1.29, 1.82) is 0 Å². The van der Waals surface area contributed by atoms with Crippen molar-refractivity contribution in [2.45, 2.75) is 64.0 Å². The van der Waals surface area contributed by atoms with Crippen LogP contribution in [0.2, 0.25) is 0 Å². The molecule has 0 N–H and O–H groups in total. The Kier molecular flexibility index (Phi) is 9.63. The maximum atomic E-state index is 14.5. The van der Waals surface area contributed by atoms with E-state index in [4.69, 9.17) is 9.97 Å². The lowest BCUT2D eigenvalue weighted by molar-refractivity contribution is -0.135. The molecule has 8 nitrogen and oxygen atoms in total. The Balaban J connectivity index is 0.975. The first-order valence-corrected chi connectivity index (χ1v) is 21.6. The van der Waals surface area contributed by atoms with Crippen LogP contribution in [-0.2, 0) is 27.1 Å². The summed E-state index contributed by atoms with van der Waals surface area (Å²) in [6, 6.07) is 31.9. The summed E-state index contributed by atoms with van der Waals surface area (Å²) in [6.45, 7) is 9.20. The van der Waals surface area contributed by atoms with Gasteiger partial charge in [0.1, 0.15) is 22.7 Å². The molecule has 0 saturated carbocycles. The van der Waals surface area contributed by atoms with Crippen LogP contribution >= 0.6 is 31.9 Å². The van der Waals surface area contributed by atoms with E-state index < -0.39 is 11.1 Å². The molecule has 2 atom stereocenters. The molecule has 6 aromatic rings. The Labute approximate surface area is 351 Å². The average molecular weight is 887 g/mol. The fraction of sp³-hybridized carbons (Fsp3) is 0.319. The standard InChI is InChI=1S/C47H46Br2N6O2/c1-4-52(5-2)41(56)30-47(34-13-17-36(49)18-14-34)40-19-10-32(28-38(40)44-51-23-27-55(44)47)29-45(3)20-24-53(25-21-45)42(57)31-46(33-11-15-35(48)16-12-33)39-9-7-6-8-37(39)43-50-22-26-54(43)46/h6-19,22-23,26-28H,4-5,20-21,24-25,29-31H2,1-3H3. The topological polar surface area (TPSA) is 76.3 Å². The Hall–Kier alpha value is -4.80. The lowest BCUT2D eigenvalue weighted by Crippen LogP contribution is -2.46. The second kappa shape index (κ2) is 14.5. The molecule has 3 aliphatic rings. The van der Waals surface area contributed by atoms with E-state index in [9.17, 15) is 9.59 Å². The summed E-state index contributed by atoms with van der Waals surface area (Å²) in [5.74, 6) is 2.07. The van der Waals surface area contributed by atoms with E-state index in [0.29, 0.717) is 39.0 Å². The molecule has 57 heavy (non-hydrogen) atoms. The third kappa shape index (κ3) is 6.13. The molecule has 2 amide bonds. The first-order valence-electron chi connectivity index (χ1n) is 20.0. The molecular formula is C47H46Br2N6O2.